The molecular weight excluding hydrogens is 398 g/mol. The molecule has 0 atom stereocenters. The second-order valence-corrected chi connectivity index (χ2v) is 8.52. The molecule has 0 radical (unpaired) electrons. The number of anilines is 1. The number of morpholine rings is 1. The van der Waals surface area contributed by atoms with Crippen LogP contribution >= 0.6 is 11.3 Å². The van der Waals surface area contributed by atoms with Crippen molar-refractivity contribution >= 4 is 32.6 Å². The lowest BCUT2D eigenvalue weighted by molar-refractivity contribution is 0.0391. The molecule has 1 aliphatic rings. The molecule has 0 saturated carbocycles. The summed E-state index contributed by atoms with van der Waals surface area (Å²) < 4.78 is 8.43. The maximum atomic E-state index is 13.5. The van der Waals surface area contributed by atoms with Crippen molar-refractivity contribution in [2.45, 2.75) is 33.7 Å². The van der Waals surface area contributed by atoms with E-state index in [4.69, 9.17) is 9.72 Å². The molecule has 1 aliphatic heterocycles. The average Bonchev–Trinajstić information content (AvgIpc) is 3.37. The maximum Gasteiger partial charge on any atom is 0.280 e. The highest BCUT2D eigenvalue weighted by Crippen LogP contribution is 2.31. The predicted octanol–water partition coefficient (Wildman–Crippen LogP) is 3.36. The van der Waals surface area contributed by atoms with E-state index in [-0.39, 0.29) is 5.91 Å². The van der Waals surface area contributed by atoms with Gasteiger partial charge in [0.2, 0.25) is 0 Å². The number of nitrogens with zero attached hydrogens (tertiary/aromatic N) is 5. The second-order valence-electron chi connectivity index (χ2n) is 7.51. The normalized spacial score (nSPS) is 15.0. The fourth-order valence-electron chi connectivity index (χ4n) is 3.82. The Morgan fingerprint density at radius 1 is 1.27 bits per heavy atom. The number of aromatic nitrogens is 3. The highest BCUT2D eigenvalue weighted by molar-refractivity contribution is 7.22. The Bertz CT molecular complexity index is 1020. The molecule has 1 aromatic carbocycles. The fraction of sp³-hybridized carbons (Fsp3) is 0.500. The summed E-state index contributed by atoms with van der Waals surface area (Å²) in [6.07, 6.45) is 0.919. The molecule has 0 N–H and O–H groups in total. The zero-order chi connectivity index (χ0) is 21.1. The number of rotatable bonds is 7. The van der Waals surface area contributed by atoms with Crippen LogP contribution in [0.5, 0.6) is 0 Å². The zero-order valence-corrected chi connectivity index (χ0v) is 18.7. The van der Waals surface area contributed by atoms with Crippen LogP contribution in [0.4, 0.5) is 5.13 Å². The third-order valence-corrected chi connectivity index (χ3v) is 6.64. The molecule has 2 aromatic heterocycles. The first kappa shape index (κ1) is 21.0. The molecule has 0 bridgehead atoms. The van der Waals surface area contributed by atoms with Crippen LogP contribution in [0.1, 0.15) is 35.6 Å². The lowest BCUT2D eigenvalue weighted by Gasteiger charge is -2.29. The van der Waals surface area contributed by atoms with Crippen LogP contribution in [-0.2, 0) is 17.7 Å². The number of carbonyl (C=O) groups excluding carboxylic acids is 1. The predicted molar refractivity (Wildman–Crippen MR) is 121 cm³/mol. The minimum atomic E-state index is -0.0873. The summed E-state index contributed by atoms with van der Waals surface area (Å²) in [6.45, 7) is 11.5. The number of hydrogen-bond acceptors (Lipinski definition) is 6. The van der Waals surface area contributed by atoms with Gasteiger partial charge in [0.25, 0.3) is 5.91 Å². The van der Waals surface area contributed by atoms with E-state index in [0.717, 1.165) is 66.9 Å². The van der Waals surface area contributed by atoms with E-state index in [0.29, 0.717) is 12.2 Å². The Hall–Kier alpha value is -2.29. The quantitative estimate of drug-likeness (QED) is 0.579. The van der Waals surface area contributed by atoms with E-state index < -0.39 is 0 Å². The van der Waals surface area contributed by atoms with Gasteiger partial charge in [-0.1, -0.05) is 30.4 Å². The SMILES string of the molecule is CCc1cccc2sc(N(CCN3CCOCC3)C(=O)c3cc(C)n(CC)n3)nc12. The Morgan fingerprint density at radius 2 is 2.07 bits per heavy atom. The topological polar surface area (TPSA) is 63.5 Å². The van der Waals surface area contributed by atoms with Gasteiger partial charge in [0.1, 0.15) is 0 Å². The van der Waals surface area contributed by atoms with Gasteiger partial charge in [-0.25, -0.2) is 4.98 Å². The van der Waals surface area contributed by atoms with E-state index >= 15 is 0 Å². The van der Waals surface area contributed by atoms with Gasteiger partial charge in [0.15, 0.2) is 10.8 Å². The molecule has 1 fully saturated rings. The summed E-state index contributed by atoms with van der Waals surface area (Å²) in [5, 5.41) is 5.27. The molecule has 0 aliphatic carbocycles. The van der Waals surface area contributed by atoms with Crippen molar-refractivity contribution < 1.29 is 9.53 Å². The molecule has 8 heteroatoms. The molecule has 7 nitrogen and oxygen atoms in total. The van der Waals surface area contributed by atoms with Crippen LogP contribution in [0, 0.1) is 6.92 Å². The van der Waals surface area contributed by atoms with E-state index in [1.807, 2.05) is 24.6 Å². The Labute approximate surface area is 181 Å². The van der Waals surface area contributed by atoms with Crippen molar-refractivity contribution in [2.24, 2.45) is 0 Å². The van der Waals surface area contributed by atoms with Crippen molar-refractivity contribution in [3.63, 3.8) is 0 Å². The van der Waals surface area contributed by atoms with Crippen LogP contribution in [0.2, 0.25) is 0 Å². The summed E-state index contributed by atoms with van der Waals surface area (Å²) in [6, 6.07) is 8.13. The molecule has 160 valence electrons. The number of carbonyl (C=O) groups is 1. The number of amides is 1. The van der Waals surface area contributed by atoms with Crippen LogP contribution in [0.25, 0.3) is 10.2 Å². The summed E-state index contributed by atoms with van der Waals surface area (Å²) in [7, 11) is 0. The number of ether oxygens (including phenoxy) is 1. The second kappa shape index (κ2) is 9.24. The van der Waals surface area contributed by atoms with Gasteiger partial charge in [-0.05, 0) is 38.0 Å². The minimum absolute atomic E-state index is 0.0873. The van der Waals surface area contributed by atoms with Crippen molar-refractivity contribution in [2.75, 3.05) is 44.3 Å². The maximum absolute atomic E-state index is 13.5. The van der Waals surface area contributed by atoms with Crippen molar-refractivity contribution in [3.8, 4) is 0 Å². The standard InChI is InChI=1S/C22H29N5O2S/c1-4-17-7-6-8-19-20(17)23-22(30-19)26(10-9-25-11-13-29-14-12-25)21(28)18-15-16(3)27(5-2)24-18/h6-8,15H,4-5,9-14H2,1-3H3. The summed E-state index contributed by atoms with van der Waals surface area (Å²) in [5.74, 6) is -0.0873. The van der Waals surface area contributed by atoms with E-state index in [9.17, 15) is 4.79 Å². The van der Waals surface area contributed by atoms with Crippen LogP contribution in [0.15, 0.2) is 24.3 Å². The van der Waals surface area contributed by atoms with E-state index in [1.165, 1.54) is 5.56 Å². The number of thiazole rings is 1. The molecule has 1 saturated heterocycles. The molecule has 0 unspecified atom stereocenters. The van der Waals surface area contributed by atoms with Crippen molar-refractivity contribution in [1.82, 2.24) is 19.7 Å². The highest BCUT2D eigenvalue weighted by atomic mass is 32.1. The molecule has 3 aromatic rings. The summed E-state index contributed by atoms with van der Waals surface area (Å²) >= 11 is 1.58. The van der Waals surface area contributed by atoms with Crippen molar-refractivity contribution in [1.29, 1.82) is 0 Å². The molecule has 0 spiro atoms. The summed E-state index contributed by atoms with van der Waals surface area (Å²) in [4.78, 5) is 22.5. The Balaban J connectivity index is 1.66. The molecule has 3 heterocycles. The molecule has 30 heavy (non-hydrogen) atoms. The van der Waals surface area contributed by atoms with E-state index in [1.54, 1.807) is 16.2 Å². The third kappa shape index (κ3) is 4.26. The lowest BCUT2D eigenvalue weighted by atomic mass is 10.1. The number of benzene rings is 1. The monoisotopic (exact) mass is 427 g/mol. The van der Waals surface area contributed by atoms with Crippen LogP contribution < -0.4 is 4.90 Å². The van der Waals surface area contributed by atoms with Gasteiger partial charge in [-0.3, -0.25) is 19.3 Å². The van der Waals surface area contributed by atoms with Gasteiger partial charge >= 0.3 is 0 Å². The lowest BCUT2D eigenvalue weighted by Crippen LogP contribution is -2.43. The number of hydrogen-bond donors (Lipinski definition) is 0. The first-order chi connectivity index (χ1) is 14.6. The van der Waals surface area contributed by atoms with Gasteiger partial charge < -0.3 is 4.74 Å². The van der Waals surface area contributed by atoms with Gasteiger partial charge in [-0.2, -0.15) is 5.10 Å². The average molecular weight is 428 g/mol. The van der Waals surface area contributed by atoms with Crippen molar-refractivity contribution in [3.05, 3.63) is 41.2 Å². The number of aryl methyl sites for hydroxylation is 3. The van der Waals surface area contributed by atoms with Gasteiger partial charge in [0, 0.05) is 38.4 Å². The fourth-order valence-corrected chi connectivity index (χ4v) is 4.86. The highest BCUT2D eigenvalue weighted by Gasteiger charge is 2.25. The van der Waals surface area contributed by atoms with Crippen LogP contribution in [0.3, 0.4) is 0 Å². The van der Waals surface area contributed by atoms with Crippen LogP contribution in [-0.4, -0.2) is 65.0 Å². The summed E-state index contributed by atoms with van der Waals surface area (Å²) in [5.41, 5.74) is 3.68. The molecular formula is C22H29N5O2S. The first-order valence-electron chi connectivity index (χ1n) is 10.7. The van der Waals surface area contributed by atoms with E-state index in [2.05, 4.69) is 35.1 Å². The Kier molecular flexibility index (Phi) is 6.46. The molecule has 1 amide bonds. The first-order valence-corrected chi connectivity index (χ1v) is 11.5. The third-order valence-electron chi connectivity index (χ3n) is 5.59. The zero-order valence-electron chi connectivity index (χ0n) is 17.9. The number of para-hydroxylation sites is 1. The molecule has 4 rings (SSSR count). The largest absolute Gasteiger partial charge is 0.379 e. The van der Waals surface area contributed by atoms with Gasteiger partial charge in [0.05, 0.1) is 23.4 Å². The Morgan fingerprint density at radius 3 is 2.77 bits per heavy atom. The smallest absolute Gasteiger partial charge is 0.280 e. The minimum Gasteiger partial charge on any atom is -0.379 e. The number of fused-ring (bicyclic) bond motifs is 1. The van der Waals surface area contributed by atoms with Gasteiger partial charge in [-0.15, -0.1) is 0 Å².